The molecule has 24 heavy (non-hydrogen) atoms. The van der Waals surface area contributed by atoms with Crippen molar-refractivity contribution in [1.29, 1.82) is 0 Å². The summed E-state index contributed by atoms with van der Waals surface area (Å²) in [7, 11) is 0. The van der Waals surface area contributed by atoms with Crippen molar-refractivity contribution in [2.75, 3.05) is 18.4 Å². The summed E-state index contributed by atoms with van der Waals surface area (Å²) in [6.07, 6.45) is 2.13. The van der Waals surface area contributed by atoms with Crippen molar-refractivity contribution in [1.82, 2.24) is 25.2 Å². The Hall–Kier alpha value is -2.90. The van der Waals surface area contributed by atoms with Gasteiger partial charge in [0.15, 0.2) is 5.82 Å². The number of hydrogen-bond acceptors (Lipinski definition) is 4. The Balaban J connectivity index is 1.72. The van der Waals surface area contributed by atoms with Crippen molar-refractivity contribution < 1.29 is 9.59 Å². The van der Waals surface area contributed by atoms with Gasteiger partial charge in [-0.2, -0.15) is 0 Å². The second-order valence-corrected chi connectivity index (χ2v) is 5.58. The summed E-state index contributed by atoms with van der Waals surface area (Å²) in [4.78, 5) is 26.4. The van der Waals surface area contributed by atoms with Gasteiger partial charge in [0, 0.05) is 26.1 Å². The van der Waals surface area contributed by atoms with Gasteiger partial charge in [-0.25, -0.2) is 4.79 Å². The van der Waals surface area contributed by atoms with Crippen molar-refractivity contribution in [3.8, 4) is 0 Å². The summed E-state index contributed by atoms with van der Waals surface area (Å²) in [5.74, 6) is 0.240. The van der Waals surface area contributed by atoms with E-state index in [-0.39, 0.29) is 11.9 Å². The quantitative estimate of drug-likeness (QED) is 0.871. The van der Waals surface area contributed by atoms with Crippen molar-refractivity contribution in [3.63, 3.8) is 0 Å². The zero-order valence-electron chi connectivity index (χ0n) is 13.5. The molecule has 8 nitrogen and oxygen atoms in total. The van der Waals surface area contributed by atoms with Gasteiger partial charge < -0.3 is 10.2 Å². The van der Waals surface area contributed by atoms with Crippen LogP contribution in [0.5, 0.6) is 0 Å². The van der Waals surface area contributed by atoms with Gasteiger partial charge in [0.25, 0.3) is 0 Å². The number of nitrogens with zero attached hydrogens (tertiary/aromatic N) is 4. The summed E-state index contributed by atoms with van der Waals surface area (Å²) in [5.41, 5.74) is 1.01. The normalized spacial score (nSPS) is 17.5. The van der Waals surface area contributed by atoms with Crippen LogP contribution in [-0.2, 0) is 17.8 Å². The summed E-state index contributed by atoms with van der Waals surface area (Å²) in [6.45, 7) is 3.51. The van der Waals surface area contributed by atoms with Gasteiger partial charge in [-0.1, -0.05) is 35.5 Å². The van der Waals surface area contributed by atoms with Crippen molar-refractivity contribution in [2.24, 2.45) is 0 Å². The molecule has 1 aliphatic rings. The second-order valence-electron chi connectivity index (χ2n) is 5.58. The number of aromatic nitrogens is 3. The number of carbonyl (C=O) groups is 2. The fourth-order valence-corrected chi connectivity index (χ4v) is 2.69. The summed E-state index contributed by atoms with van der Waals surface area (Å²) in [6, 6.07) is 8.78. The molecular weight excluding hydrogens is 308 g/mol. The lowest BCUT2D eigenvalue weighted by atomic mass is 10.0. The van der Waals surface area contributed by atoms with E-state index in [1.54, 1.807) is 15.8 Å². The standard InChI is InChI=1S/C16H20N6O2/c1-2-21-11-14(19-20-21)18-16(24)22-9-8-17-15(23)13(22)10-12-6-4-3-5-7-12/h3-7,11,13H,2,8-10H2,1H3,(H,17,23)(H,18,24). The van der Waals surface area contributed by atoms with Gasteiger partial charge >= 0.3 is 6.03 Å². The third-order valence-corrected chi connectivity index (χ3v) is 3.96. The highest BCUT2D eigenvalue weighted by Gasteiger charge is 2.33. The number of urea groups is 1. The topological polar surface area (TPSA) is 92.2 Å². The van der Waals surface area contributed by atoms with Crippen LogP contribution in [0.25, 0.3) is 0 Å². The first-order chi connectivity index (χ1) is 11.7. The Bertz CT molecular complexity index is 714. The average molecular weight is 328 g/mol. The molecule has 1 aromatic carbocycles. The molecule has 3 amide bonds. The third-order valence-electron chi connectivity index (χ3n) is 3.96. The molecule has 0 aliphatic carbocycles. The molecule has 0 radical (unpaired) electrons. The minimum absolute atomic E-state index is 0.141. The zero-order valence-corrected chi connectivity index (χ0v) is 13.5. The first-order valence-electron chi connectivity index (χ1n) is 7.96. The van der Waals surface area contributed by atoms with Gasteiger partial charge in [-0.3, -0.25) is 14.8 Å². The maximum atomic E-state index is 12.6. The largest absolute Gasteiger partial charge is 0.353 e. The number of hydrogen-bond donors (Lipinski definition) is 2. The molecule has 2 aromatic rings. The average Bonchev–Trinajstić information content (AvgIpc) is 3.05. The summed E-state index contributed by atoms with van der Waals surface area (Å²) < 4.78 is 1.62. The minimum Gasteiger partial charge on any atom is -0.353 e. The van der Waals surface area contributed by atoms with Crippen LogP contribution in [-0.4, -0.2) is 51.0 Å². The third kappa shape index (κ3) is 3.53. The van der Waals surface area contributed by atoms with Gasteiger partial charge in [0.1, 0.15) is 6.04 Å². The summed E-state index contributed by atoms with van der Waals surface area (Å²) >= 11 is 0. The number of anilines is 1. The van der Waals surface area contributed by atoms with Crippen LogP contribution in [0.3, 0.4) is 0 Å². The fourth-order valence-electron chi connectivity index (χ4n) is 2.69. The lowest BCUT2D eigenvalue weighted by molar-refractivity contribution is -0.127. The molecule has 0 saturated carbocycles. The van der Waals surface area contributed by atoms with Crippen LogP contribution >= 0.6 is 0 Å². The van der Waals surface area contributed by atoms with E-state index in [2.05, 4.69) is 20.9 Å². The van der Waals surface area contributed by atoms with Gasteiger partial charge in [0.05, 0.1) is 6.20 Å². The number of piperazine rings is 1. The number of amides is 3. The molecule has 0 bridgehead atoms. The lowest BCUT2D eigenvalue weighted by Crippen LogP contribution is -2.59. The Kier molecular flexibility index (Phi) is 4.74. The van der Waals surface area contributed by atoms with E-state index in [0.29, 0.717) is 31.9 Å². The fraction of sp³-hybridized carbons (Fsp3) is 0.375. The van der Waals surface area contributed by atoms with E-state index in [9.17, 15) is 9.59 Å². The molecule has 3 rings (SSSR count). The van der Waals surface area contributed by atoms with Gasteiger partial charge in [-0.05, 0) is 12.5 Å². The number of carbonyl (C=O) groups excluding carboxylic acids is 2. The molecule has 1 aliphatic heterocycles. The van der Waals surface area contributed by atoms with E-state index < -0.39 is 6.04 Å². The van der Waals surface area contributed by atoms with Crippen molar-refractivity contribution >= 4 is 17.8 Å². The number of aryl methyl sites for hydroxylation is 1. The molecule has 1 atom stereocenters. The number of rotatable bonds is 4. The molecule has 8 heteroatoms. The number of benzene rings is 1. The molecule has 1 aromatic heterocycles. The van der Waals surface area contributed by atoms with Gasteiger partial charge in [-0.15, -0.1) is 5.10 Å². The molecular formula is C16H20N6O2. The highest BCUT2D eigenvalue weighted by molar-refractivity contribution is 5.94. The molecule has 2 heterocycles. The molecule has 2 N–H and O–H groups in total. The first-order valence-corrected chi connectivity index (χ1v) is 7.96. The van der Waals surface area contributed by atoms with Crippen LogP contribution in [0, 0.1) is 0 Å². The lowest BCUT2D eigenvalue weighted by Gasteiger charge is -2.34. The van der Waals surface area contributed by atoms with Crippen LogP contribution in [0.4, 0.5) is 10.6 Å². The van der Waals surface area contributed by atoms with Crippen LogP contribution in [0.1, 0.15) is 12.5 Å². The van der Waals surface area contributed by atoms with Crippen molar-refractivity contribution in [3.05, 3.63) is 42.1 Å². The van der Waals surface area contributed by atoms with E-state index in [1.807, 2.05) is 37.3 Å². The monoisotopic (exact) mass is 328 g/mol. The molecule has 0 spiro atoms. The minimum atomic E-state index is -0.539. The Labute approximate surface area is 139 Å². The Morgan fingerprint density at radius 1 is 1.38 bits per heavy atom. The van der Waals surface area contributed by atoms with Crippen LogP contribution < -0.4 is 10.6 Å². The zero-order chi connectivity index (χ0) is 16.9. The Morgan fingerprint density at radius 3 is 2.88 bits per heavy atom. The smallest absolute Gasteiger partial charge is 0.323 e. The second kappa shape index (κ2) is 7.12. The van der Waals surface area contributed by atoms with E-state index in [0.717, 1.165) is 5.56 Å². The van der Waals surface area contributed by atoms with Gasteiger partial charge in [0.2, 0.25) is 5.91 Å². The molecule has 1 fully saturated rings. The molecule has 126 valence electrons. The van der Waals surface area contributed by atoms with Crippen molar-refractivity contribution in [2.45, 2.75) is 25.9 Å². The number of nitrogens with one attached hydrogen (secondary N) is 2. The predicted molar refractivity (Wildman–Crippen MR) is 88.4 cm³/mol. The highest BCUT2D eigenvalue weighted by Crippen LogP contribution is 2.14. The Morgan fingerprint density at radius 2 is 2.17 bits per heavy atom. The maximum absolute atomic E-state index is 12.6. The SMILES string of the molecule is CCn1cc(NC(=O)N2CCNC(=O)C2Cc2ccccc2)nn1. The van der Waals surface area contributed by atoms with Crippen LogP contribution in [0.2, 0.25) is 0 Å². The molecule has 1 saturated heterocycles. The molecule has 1 unspecified atom stereocenters. The van der Waals surface area contributed by atoms with E-state index in [1.165, 1.54) is 0 Å². The maximum Gasteiger partial charge on any atom is 0.323 e. The predicted octanol–water partition coefficient (Wildman–Crippen LogP) is 0.873. The summed E-state index contributed by atoms with van der Waals surface area (Å²) in [5, 5.41) is 13.3. The van der Waals surface area contributed by atoms with E-state index >= 15 is 0 Å². The first kappa shape index (κ1) is 16.0. The van der Waals surface area contributed by atoms with Crippen LogP contribution in [0.15, 0.2) is 36.5 Å². The van der Waals surface area contributed by atoms with E-state index in [4.69, 9.17) is 0 Å². The highest BCUT2D eigenvalue weighted by atomic mass is 16.2.